The van der Waals surface area contributed by atoms with E-state index in [0.717, 1.165) is 41.4 Å². The van der Waals surface area contributed by atoms with Crippen LogP contribution in [-0.4, -0.2) is 36.5 Å². The zero-order valence-electron chi connectivity index (χ0n) is 19.3. The molecular weight excluding hydrogens is 434 g/mol. The molecule has 2 aliphatic heterocycles. The maximum absolute atomic E-state index is 12.9. The molecule has 1 saturated heterocycles. The third-order valence-corrected chi connectivity index (χ3v) is 6.63. The second kappa shape index (κ2) is 9.75. The van der Waals surface area contributed by atoms with Crippen LogP contribution in [0.1, 0.15) is 34.3 Å². The van der Waals surface area contributed by atoms with Crippen LogP contribution >= 0.6 is 0 Å². The van der Waals surface area contributed by atoms with E-state index in [0.29, 0.717) is 29.8 Å². The maximum Gasteiger partial charge on any atom is 0.253 e. The Hall–Kier alpha value is -4.55. The minimum Gasteiger partial charge on any atom is -0.387 e. The SMILES string of the molecule is N#Cc1ccc(C(=O)N2CCC(Nc3cc(-c4cccc(C#N)c4)cc4c3=CNCC=4)CC2)cc1. The lowest BCUT2D eigenvalue weighted by atomic mass is 9.98. The number of nitriles is 2. The number of amides is 1. The lowest BCUT2D eigenvalue weighted by molar-refractivity contribution is 0.0718. The fraction of sp³-hybridized carbons (Fsp3) is 0.207. The van der Waals surface area contributed by atoms with Crippen molar-refractivity contribution < 1.29 is 4.79 Å². The summed E-state index contributed by atoms with van der Waals surface area (Å²) in [4.78, 5) is 14.8. The molecule has 0 bridgehead atoms. The zero-order valence-corrected chi connectivity index (χ0v) is 19.3. The van der Waals surface area contributed by atoms with Gasteiger partial charge in [0, 0.05) is 48.3 Å². The van der Waals surface area contributed by atoms with Gasteiger partial charge in [-0.1, -0.05) is 18.2 Å². The maximum atomic E-state index is 12.9. The molecule has 2 N–H and O–H groups in total. The molecule has 6 heteroatoms. The van der Waals surface area contributed by atoms with Crippen LogP contribution in [0.4, 0.5) is 5.69 Å². The van der Waals surface area contributed by atoms with Crippen LogP contribution in [-0.2, 0) is 0 Å². The first-order valence-corrected chi connectivity index (χ1v) is 11.8. The van der Waals surface area contributed by atoms with Crippen LogP contribution in [0.15, 0.2) is 60.7 Å². The van der Waals surface area contributed by atoms with E-state index in [1.807, 2.05) is 29.2 Å². The molecule has 0 unspecified atom stereocenters. The van der Waals surface area contributed by atoms with Crippen LogP contribution in [0.2, 0.25) is 0 Å². The molecule has 2 aliphatic rings. The van der Waals surface area contributed by atoms with Crippen LogP contribution in [0.5, 0.6) is 0 Å². The lowest BCUT2D eigenvalue weighted by Crippen LogP contribution is -2.44. The van der Waals surface area contributed by atoms with Crippen molar-refractivity contribution in [3.8, 4) is 23.3 Å². The second-order valence-corrected chi connectivity index (χ2v) is 8.88. The van der Waals surface area contributed by atoms with Gasteiger partial charge in [-0.3, -0.25) is 4.79 Å². The van der Waals surface area contributed by atoms with Crippen molar-refractivity contribution >= 4 is 23.9 Å². The highest BCUT2D eigenvalue weighted by Crippen LogP contribution is 2.23. The van der Waals surface area contributed by atoms with E-state index in [1.54, 1.807) is 24.3 Å². The van der Waals surface area contributed by atoms with Gasteiger partial charge in [0.25, 0.3) is 5.91 Å². The van der Waals surface area contributed by atoms with Gasteiger partial charge >= 0.3 is 0 Å². The Labute approximate surface area is 204 Å². The molecular formula is C29H25N5O. The van der Waals surface area contributed by atoms with Gasteiger partial charge in [-0.05, 0) is 77.7 Å². The van der Waals surface area contributed by atoms with E-state index in [4.69, 9.17) is 5.26 Å². The third-order valence-electron chi connectivity index (χ3n) is 6.63. The van der Waals surface area contributed by atoms with E-state index < -0.39 is 0 Å². The van der Waals surface area contributed by atoms with Gasteiger partial charge in [-0.2, -0.15) is 10.5 Å². The van der Waals surface area contributed by atoms with E-state index in [1.165, 1.54) is 5.22 Å². The molecule has 0 spiro atoms. The monoisotopic (exact) mass is 459 g/mol. The minimum absolute atomic E-state index is 0.0109. The Kier molecular flexibility index (Phi) is 6.20. The van der Waals surface area contributed by atoms with E-state index in [2.05, 4.69) is 47.2 Å². The van der Waals surface area contributed by atoms with Gasteiger partial charge in [-0.15, -0.1) is 0 Å². The summed E-state index contributed by atoms with van der Waals surface area (Å²) in [5, 5.41) is 27.6. The Bertz CT molecular complexity index is 1470. The molecule has 0 aromatic heterocycles. The van der Waals surface area contributed by atoms with Crippen molar-refractivity contribution in [2.45, 2.75) is 18.9 Å². The number of rotatable bonds is 4. The van der Waals surface area contributed by atoms with Crippen LogP contribution in [0.3, 0.4) is 0 Å². The van der Waals surface area contributed by atoms with Crippen LogP contribution in [0, 0.1) is 22.7 Å². The van der Waals surface area contributed by atoms with Gasteiger partial charge in [0.15, 0.2) is 0 Å². The smallest absolute Gasteiger partial charge is 0.253 e. The zero-order chi connectivity index (χ0) is 24.2. The topological polar surface area (TPSA) is 92.0 Å². The van der Waals surface area contributed by atoms with Crippen molar-refractivity contribution in [1.29, 1.82) is 10.5 Å². The number of hydrogen-bond acceptors (Lipinski definition) is 5. The predicted octanol–water partition coefficient (Wildman–Crippen LogP) is 2.94. The molecule has 6 nitrogen and oxygen atoms in total. The fourth-order valence-corrected chi connectivity index (χ4v) is 4.71. The highest BCUT2D eigenvalue weighted by Gasteiger charge is 2.24. The number of nitrogens with one attached hydrogen (secondary N) is 2. The van der Waals surface area contributed by atoms with Gasteiger partial charge < -0.3 is 15.5 Å². The molecule has 2 heterocycles. The second-order valence-electron chi connectivity index (χ2n) is 8.88. The first kappa shape index (κ1) is 22.3. The van der Waals surface area contributed by atoms with E-state index in [-0.39, 0.29) is 11.9 Å². The standard InChI is InChI=1S/C29H25N5O/c30-17-20-4-6-22(7-5-20)29(35)34-12-9-26(10-13-34)33-28-16-25(15-24-8-11-32-19-27(24)28)23-3-1-2-21(14-23)18-31/h1-8,14-16,19,26,32-33H,9-13H2. The number of fused-ring (bicyclic) bond motifs is 1. The Morgan fingerprint density at radius 3 is 2.46 bits per heavy atom. The van der Waals surface area contributed by atoms with Crippen LogP contribution in [0.25, 0.3) is 23.4 Å². The summed E-state index contributed by atoms with van der Waals surface area (Å²) in [5.41, 5.74) is 4.96. The van der Waals surface area contributed by atoms with Crippen molar-refractivity contribution in [2.75, 3.05) is 25.0 Å². The number of nitrogens with zero attached hydrogens (tertiary/aromatic N) is 3. The number of carbonyl (C=O) groups is 1. The molecule has 172 valence electrons. The molecule has 0 aliphatic carbocycles. The largest absolute Gasteiger partial charge is 0.387 e. The normalized spacial score (nSPS) is 14.9. The summed E-state index contributed by atoms with van der Waals surface area (Å²) in [7, 11) is 0. The minimum atomic E-state index is 0.0109. The molecule has 35 heavy (non-hydrogen) atoms. The summed E-state index contributed by atoms with van der Waals surface area (Å²) in [5.74, 6) is 0.0109. The quantitative estimate of drug-likeness (QED) is 0.626. The average molecular weight is 460 g/mol. The Balaban J connectivity index is 1.34. The van der Waals surface area contributed by atoms with Gasteiger partial charge in [-0.25, -0.2) is 0 Å². The highest BCUT2D eigenvalue weighted by atomic mass is 16.2. The summed E-state index contributed by atoms with van der Waals surface area (Å²) in [6.07, 6.45) is 5.93. The molecule has 1 amide bonds. The van der Waals surface area contributed by atoms with Crippen molar-refractivity contribution in [3.63, 3.8) is 0 Å². The highest BCUT2D eigenvalue weighted by molar-refractivity contribution is 5.94. The Morgan fingerprint density at radius 2 is 1.71 bits per heavy atom. The van der Waals surface area contributed by atoms with Crippen molar-refractivity contribution in [1.82, 2.24) is 10.2 Å². The summed E-state index contributed by atoms with van der Waals surface area (Å²) in [6.45, 7) is 2.14. The number of benzene rings is 3. The molecule has 0 radical (unpaired) electrons. The first-order valence-electron chi connectivity index (χ1n) is 11.8. The summed E-state index contributed by atoms with van der Waals surface area (Å²) in [6, 6.07) is 23.4. The van der Waals surface area contributed by atoms with Gasteiger partial charge in [0.1, 0.15) is 0 Å². The number of carbonyl (C=O) groups excluding carboxylic acids is 1. The number of hydrogen-bond donors (Lipinski definition) is 2. The van der Waals surface area contributed by atoms with Gasteiger partial charge in [0.05, 0.1) is 23.3 Å². The number of anilines is 1. The van der Waals surface area contributed by atoms with Crippen molar-refractivity contribution in [3.05, 3.63) is 87.8 Å². The van der Waals surface area contributed by atoms with Crippen LogP contribution < -0.4 is 21.1 Å². The molecule has 0 saturated carbocycles. The molecule has 0 atom stereocenters. The number of likely N-dealkylation sites (tertiary alicyclic amines) is 1. The van der Waals surface area contributed by atoms with Crippen molar-refractivity contribution in [2.24, 2.45) is 0 Å². The fourth-order valence-electron chi connectivity index (χ4n) is 4.71. The molecule has 3 aromatic rings. The third kappa shape index (κ3) is 4.74. The lowest BCUT2D eigenvalue weighted by Gasteiger charge is -2.33. The van der Waals surface area contributed by atoms with E-state index in [9.17, 15) is 10.1 Å². The van der Waals surface area contributed by atoms with Gasteiger partial charge in [0.2, 0.25) is 0 Å². The molecule has 5 rings (SSSR count). The summed E-state index contributed by atoms with van der Waals surface area (Å²) < 4.78 is 0. The summed E-state index contributed by atoms with van der Waals surface area (Å²) >= 11 is 0. The molecule has 3 aromatic carbocycles. The predicted molar refractivity (Wildman–Crippen MR) is 136 cm³/mol. The Morgan fingerprint density at radius 1 is 0.943 bits per heavy atom. The average Bonchev–Trinajstić information content (AvgIpc) is 2.93. The first-order chi connectivity index (χ1) is 17.1. The van der Waals surface area contributed by atoms with E-state index >= 15 is 0 Å². The number of piperidine rings is 1. The molecule has 1 fully saturated rings.